The summed E-state index contributed by atoms with van der Waals surface area (Å²) in [6.45, 7) is 3.55. The highest BCUT2D eigenvalue weighted by molar-refractivity contribution is 5.80. The van der Waals surface area contributed by atoms with E-state index in [4.69, 9.17) is 4.74 Å². The van der Waals surface area contributed by atoms with Gasteiger partial charge in [-0.2, -0.15) is 0 Å². The smallest absolute Gasteiger partial charge is 0.227 e. The number of carbonyl (C=O) groups excluding carboxylic acids is 1. The third kappa shape index (κ3) is 2.75. The molecule has 3 fully saturated rings. The number of nitrogens with zero attached hydrogens (tertiary/aromatic N) is 4. The molecule has 23 heavy (non-hydrogen) atoms. The molecular formula is C17H24N4O2. The van der Waals surface area contributed by atoms with Crippen molar-refractivity contribution in [2.45, 2.75) is 25.7 Å². The Labute approximate surface area is 136 Å². The fraction of sp³-hybridized carbons (Fsp3) is 0.706. The van der Waals surface area contributed by atoms with Crippen LogP contribution in [0.3, 0.4) is 0 Å². The van der Waals surface area contributed by atoms with Crippen molar-refractivity contribution in [2.24, 2.45) is 17.8 Å². The summed E-state index contributed by atoms with van der Waals surface area (Å²) < 4.78 is 5.09. The first-order chi connectivity index (χ1) is 11.2. The van der Waals surface area contributed by atoms with E-state index in [9.17, 15) is 4.79 Å². The van der Waals surface area contributed by atoms with Gasteiger partial charge in [0.1, 0.15) is 0 Å². The van der Waals surface area contributed by atoms with Crippen molar-refractivity contribution >= 4 is 11.9 Å². The molecular weight excluding hydrogens is 292 g/mol. The average molecular weight is 316 g/mol. The number of amides is 1. The number of rotatable bonds is 3. The lowest BCUT2D eigenvalue weighted by atomic mass is 10.0. The van der Waals surface area contributed by atoms with Crippen molar-refractivity contribution in [1.29, 1.82) is 0 Å². The van der Waals surface area contributed by atoms with Crippen molar-refractivity contribution in [3.05, 3.63) is 12.4 Å². The van der Waals surface area contributed by atoms with Gasteiger partial charge in [-0.05, 0) is 31.1 Å². The summed E-state index contributed by atoms with van der Waals surface area (Å²) in [5, 5.41) is 0. The average Bonchev–Trinajstić information content (AvgIpc) is 3.29. The first-order valence-electron chi connectivity index (χ1n) is 8.64. The van der Waals surface area contributed by atoms with Crippen molar-refractivity contribution in [2.75, 3.05) is 38.2 Å². The number of likely N-dealkylation sites (tertiary alicyclic amines) is 1. The Kier molecular flexibility index (Phi) is 3.83. The van der Waals surface area contributed by atoms with E-state index in [1.807, 2.05) is 0 Å². The molecule has 0 bridgehead atoms. The van der Waals surface area contributed by atoms with Crippen LogP contribution in [0.25, 0.3) is 0 Å². The summed E-state index contributed by atoms with van der Waals surface area (Å²) >= 11 is 0. The van der Waals surface area contributed by atoms with E-state index in [1.54, 1.807) is 19.5 Å². The van der Waals surface area contributed by atoms with Crippen molar-refractivity contribution in [3.8, 4) is 5.75 Å². The number of hydrogen-bond acceptors (Lipinski definition) is 5. The highest BCUT2D eigenvalue weighted by atomic mass is 16.5. The van der Waals surface area contributed by atoms with E-state index in [2.05, 4.69) is 19.8 Å². The van der Waals surface area contributed by atoms with Gasteiger partial charge >= 0.3 is 0 Å². The fourth-order valence-electron chi connectivity index (χ4n) is 4.39. The molecule has 0 aromatic carbocycles. The summed E-state index contributed by atoms with van der Waals surface area (Å²) in [4.78, 5) is 25.7. The lowest BCUT2D eigenvalue weighted by molar-refractivity contribution is -0.134. The number of fused-ring (bicyclic) bond motifs is 1. The van der Waals surface area contributed by atoms with Crippen LogP contribution in [0.1, 0.15) is 25.7 Å². The number of carbonyl (C=O) groups is 1. The van der Waals surface area contributed by atoms with Gasteiger partial charge < -0.3 is 14.5 Å². The molecule has 124 valence electrons. The molecule has 1 aromatic rings. The molecule has 1 saturated carbocycles. The van der Waals surface area contributed by atoms with Gasteiger partial charge in [0.15, 0.2) is 5.75 Å². The maximum atomic E-state index is 12.8. The maximum Gasteiger partial charge on any atom is 0.227 e. The largest absolute Gasteiger partial charge is 0.494 e. The monoisotopic (exact) mass is 316 g/mol. The Bertz CT molecular complexity index is 564. The minimum atomic E-state index is 0.0968. The Morgan fingerprint density at radius 2 is 1.83 bits per heavy atom. The first kappa shape index (κ1) is 14.7. The van der Waals surface area contributed by atoms with E-state index in [1.165, 1.54) is 19.3 Å². The highest BCUT2D eigenvalue weighted by Crippen LogP contribution is 2.38. The Hall–Kier alpha value is -1.85. The molecule has 1 aliphatic carbocycles. The molecule has 2 saturated heterocycles. The zero-order chi connectivity index (χ0) is 15.8. The van der Waals surface area contributed by atoms with Crippen molar-refractivity contribution in [1.82, 2.24) is 14.9 Å². The second kappa shape index (κ2) is 5.98. The fourth-order valence-corrected chi connectivity index (χ4v) is 4.39. The van der Waals surface area contributed by atoms with Gasteiger partial charge in [0.05, 0.1) is 25.4 Å². The number of hydrogen-bond donors (Lipinski definition) is 0. The Balaban J connectivity index is 1.37. The van der Waals surface area contributed by atoms with Crippen LogP contribution in [0.5, 0.6) is 5.75 Å². The van der Waals surface area contributed by atoms with Crippen LogP contribution < -0.4 is 9.64 Å². The van der Waals surface area contributed by atoms with Crippen LogP contribution >= 0.6 is 0 Å². The quantitative estimate of drug-likeness (QED) is 0.847. The molecule has 3 unspecified atom stereocenters. The molecule has 3 atom stereocenters. The third-order valence-corrected chi connectivity index (χ3v) is 5.71. The van der Waals surface area contributed by atoms with E-state index >= 15 is 0 Å². The predicted octanol–water partition coefficient (Wildman–Crippen LogP) is 1.57. The first-order valence-corrected chi connectivity index (χ1v) is 8.64. The number of methoxy groups -OCH3 is 1. The number of ether oxygens (including phenoxy) is 1. The van der Waals surface area contributed by atoms with Crippen LogP contribution in [-0.2, 0) is 4.79 Å². The Morgan fingerprint density at radius 1 is 1.13 bits per heavy atom. The molecule has 4 rings (SSSR count). The number of anilines is 1. The van der Waals surface area contributed by atoms with Gasteiger partial charge in [0.2, 0.25) is 11.9 Å². The molecule has 0 N–H and O–H groups in total. The summed E-state index contributed by atoms with van der Waals surface area (Å²) in [5.41, 5.74) is 0. The predicted molar refractivity (Wildman–Crippen MR) is 86.3 cm³/mol. The third-order valence-electron chi connectivity index (χ3n) is 5.71. The molecule has 3 heterocycles. The SMILES string of the molecule is COc1cnc(N2CCC(C(=O)N3CC4CCCC4C3)C2)nc1. The zero-order valence-electron chi connectivity index (χ0n) is 13.6. The van der Waals surface area contributed by atoms with Gasteiger partial charge in [-0.3, -0.25) is 4.79 Å². The van der Waals surface area contributed by atoms with Gasteiger partial charge in [0.25, 0.3) is 0 Å². The zero-order valence-corrected chi connectivity index (χ0v) is 13.6. The molecule has 1 amide bonds. The molecule has 6 heteroatoms. The van der Waals surface area contributed by atoms with Gasteiger partial charge in [0, 0.05) is 26.2 Å². The second-order valence-electron chi connectivity index (χ2n) is 7.05. The van der Waals surface area contributed by atoms with Crippen LogP contribution in [0.15, 0.2) is 12.4 Å². The molecule has 0 radical (unpaired) electrons. The van der Waals surface area contributed by atoms with Crippen LogP contribution in [0.4, 0.5) is 5.95 Å². The summed E-state index contributed by atoms with van der Waals surface area (Å²) in [6.07, 6.45) is 8.23. The molecule has 3 aliphatic rings. The van der Waals surface area contributed by atoms with E-state index in [0.29, 0.717) is 17.6 Å². The van der Waals surface area contributed by atoms with E-state index in [-0.39, 0.29) is 5.92 Å². The van der Waals surface area contributed by atoms with Gasteiger partial charge in [-0.25, -0.2) is 9.97 Å². The topological polar surface area (TPSA) is 58.6 Å². The van der Waals surface area contributed by atoms with Crippen molar-refractivity contribution in [3.63, 3.8) is 0 Å². The number of aromatic nitrogens is 2. The van der Waals surface area contributed by atoms with Crippen LogP contribution in [0.2, 0.25) is 0 Å². The molecule has 1 aromatic heterocycles. The standard InChI is InChI=1S/C17H24N4O2/c1-23-15-7-18-17(19-8-15)20-6-5-14(11-20)16(22)21-9-12-3-2-4-13(12)10-21/h7-8,12-14H,2-6,9-11H2,1H3. The lowest BCUT2D eigenvalue weighted by Crippen LogP contribution is -2.36. The minimum Gasteiger partial charge on any atom is -0.494 e. The van der Waals surface area contributed by atoms with Gasteiger partial charge in [-0.15, -0.1) is 0 Å². The van der Waals surface area contributed by atoms with Gasteiger partial charge in [-0.1, -0.05) is 6.42 Å². The Morgan fingerprint density at radius 3 is 2.48 bits per heavy atom. The second-order valence-corrected chi connectivity index (χ2v) is 7.05. The minimum absolute atomic E-state index is 0.0968. The summed E-state index contributed by atoms with van der Waals surface area (Å²) in [6, 6.07) is 0. The molecule has 0 spiro atoms. The molecule has 2 aliphatic heterocycles. The van der Waals surface area contributed by atoms with Crippen molar-refractivity contribution < 1.29 is 9.53 Å². The van der Waals surface area contributed by atoms with E-state index in [0.717, 1.165) is 44.4 Å². The van der Waals surface area contributed by atoms with Crippen LogP contribution in [0, 0.1) is 17.8 Å². The van der Waals surface area contributed by atoms with E-state index < -0.39 is 0 Å². The molecule has 6 nitrogen and oxygen atoms in total. The highest BCUT2D eigenvalue weighted by Gasteiger charge is 2.41. The van der Waals surface area contributed by atoms with Crippen LogP contribution in [-0.4, -0.2) is 54.1 Å². The summed E-state index contributed by atoms with van der Waals surface area (Å²) in [7, 11) is 1.61. The normalized spacial score (nSPS) is 29.9. The summed E-state index contributed by atoms with van der Waals surface area (Å²) in [5.74, 6) is 3.32. The maximum absolute atomic E-state index is 12.8. The lowest BCUT2D eigenvalue weighted by Gasteiger charge is -2.22.